The summed E-state index contributed by atoms with van der Waals surface area (Å²) in [5.41, 5.74) is 1.94. The summed E-state index contributed by atoms with van der Waals surface area (Å²) in [6.07, 6.45) is 3.34. The number of piperidine rings is 1. The van der Waals surface area contributed by atoms with Crippen LogP contribution < -0.4 is 4.90 Å². The Morgan fingerprint density at radius 3 is 2.50 bits per heavy atom. The van der Waals surface area contributed by atoms with Crippen molar-refractivity contribution in [1.82, 2.24) is 4.90 Å². The second kappa shape index (κ2) is 9.39. The number of hydrogen-bond donors (Lipinski definition) is 0. The van der Waals surface area contributed by atoms with Crippen LogP contribution in [0.5, 0.6) is 0 Å². The van der Waals surface area contributed by atoms with E-state index < -0.39 is 0 Å². The lowest BCUT2D eigenvalue weighted by Crippen LogP contribution is -2.45. The monoisotopic (exact) mass is 424 g/mol. The summed E-state index contributed by atoms with van der Waals surface area (Å²) >= 11 is 1.69. The van der Waals surface area contributed by atoms with Gasteiger partial charge in [0.25, 0.3) is 5.91 Å². The number of amides is 1. The minimum Gasteiger partial charge on any atom is -0.459 e. The van der Waals surface area contributed by atoms with E-state index in [-0.39, 0.29) is 17.8 Å². The number of thioether (sulfide) groups is 1. The summed E-state index contributed by atoms with van der Waals surface area (Å²) in [6, 6.07) is 18.8. The standard InChI is InChI=1S/C24H25FN2O2S/c1-26(20-11-14-27(15-12-20)21-9-7-19(25)8-10-21)24(28)23-18(13-16-29-23)17-30-22-5-3-2-4-6-22/h2-10,13,16,20H,11-12,14-15,17H2,1H3. The summed E-state index contributed by atoms with van der Waals surface area (Å²) in [4.78, 5) is 18.3. The number of halogens is 1. The predicted octanol–water partition coefficient (Wildman–Crippen LogP) is 5.45. The van der Waals surface area contributed by atoms with Crippen molar-refractivity contribution in [3.05, 3.63) is 84.1 Å². The fourth-order valence-corrected chi connectivity index (χ4v) is 4.70. The van der Waals surface area contributed by atoms with Crippen LogP contribution in [0.2, 0.25) is 0 Å². The molecular weight excluding hydrogens is 399 g/mol. The van der Waals surface area contributed by atoms with Gasteiger partial charge < -0.3 is 14.2 Å². The zero-order valence-corrected chi connectivity index (χ0v) is 17.8. The average molecular weight is 425 g/mol. The molecule has 1 aliphatic rings. The molecule has 0 unspecified atom stereocenters. The summed E-state index contributed by atoms with van der Waals surface area (Å²) in [5.74, 6) is 0.836. The van der Waals surface area contributed by atoms with E-state index in [9.17, 15) is 9.18 Å². The molecule has 1 aromatic heterocycles. The highest BCUT2D eigenvalue weighted by Crippen LogP contribution is 2.27. The number of benzene rings is 2. The molecule has 4 rings (SSSR count). The van der Waals surface area contributed by atoms with Crippen LogP contribution in [0.3, 0.4) is 0 Å². The van der Waals surface area contributed by atoms with Gasteiger partial charge in [0, 0.05) is 48.1 Å². The lowest BCUT2D eigenvalue weighted by Gasteiger charge is -2.37. The molecule has 1 saturated heterocycles. The molecular formula is C24H25FN2O2S. The Hall–Kier alpha value is -2.73. The number of carbonyl (C=O) groups is 1. The average Bonchev–Trinajstić information content (AvgIpc) is 3.27. The maximum Gasteiger partial charge on any atom is 0.289 e. The van der Waals surface area contributed by atoms with Crippen LogP contribution in [0.1, 0.15) is 29.0 Å². The van der Waals surface area contributed by atoms with Gasteiger partial charge in [0.15, 0.2) is 5.76 Å². The molecule has 1 amide bonds. The van der Waals surface area contributed by atoms with Gasteiger partial charge >= 0.3 is 0 Å². The second-order valence-corrected chi connectivity index (χ2v) is 8.54. The molecule has 0 N–H and O–H groups in total. The van der Waals surface area contributed by atoms with Crippen LogP contribution in [-0.4, -0.2) is 37.0 Å². The molecule has 0 radical (unpaired) electrons. The highest BCUT2D eigenvalue weighted by Gasteiger charge is 2.28. The van der Waals surface area contributed by atoms with Crippen molar-refractivity contribution >= 4 is 23.4 Å². The predicted molar refractivity (Wildman–Crippen MR) is 118 cm³/mol. The Balaban J connectivity index is 1.35. The molecule has 2 heterocycles. The third-order valence-corrected chi connectivity index (χ3v) is 6.66. The van der Waals surface area contributed by atoms with Crippen molar-refractivity contribution in [2.24, 2.45) is 0 Å². The summed E-state index contributed by atoms with van der Waals surface area (Å²) in [6.45, 7) is 1.67. The normalized spacial score (nSPS) is 14.7. The molecule has 1 aliphatic heterocycles. The van der Waals surface area contributed by atoms with E-state index in [2.05, 4.69) is 17.0 Å². The smallest absolute Gasteiger partial charge is 0.289 e. The molecule has 0 aliphatic carbocycles. The fourth-order valence-electron chi connectivity index (χ4n) is 3.80. The number of carbonyl (C=O) groups excluding carboxylic acids is 1. The maximum atomic E-state index is 13.2. The Kier molecular flexibility index (Phi) is 6.43. The lowest BCUT2D eigenvalue weighted by atomic mass is 10.0. The SMILES string of the molecule is CN(C(=O)c1occc1CSc1ccccc1)C1CCN(c2ccc(F)cc2)CC1. The highest BCUT2D eigenvalue weighted by molar-refractivity contribution is 7.98. The van der Waals surface area contributed by atoms with Gasteiger partial charge in [-0.15, -0.1) is 11.8 Å². The summed E-state index contributed by atoms with van der Waals surface area (Å²) in [7, 11) is 1.86. The Bertz CT molecular complexity index is 966. The molecule has 1 fully saturated rings. The molecule has 30 heavy (non-hydrogen) atoms. The molecule has 4 nitrogen and oxygen atoms in total. The van der Waals surface area contributed by atoms with Crippen molar-refractivity contribution in [2.45, 2.75) is 29.5 Å². The van der Waals surface area contributed by atoms with Crippen molar-refractivity contribution in [1.29, 1.82) is 0 Å². The maximum absolute atomic E-state index is 13.2. The molecule has 6 heteroatoms. The minimum atomic E-state index is -0.223. The van der Waals surface area contributed by atoms with Gasteiger partial charge in [-0.05, 0) is 55.3 Å². The number of rotatable bonds is 6. The molecule has 0 atom stereocenters. The molecule has 2 aromatic carbocycles. The van der Waals surface area contributed by atoms with Gasteiger partial charge in [-0.3, -0.25) is 4.79 Å². The zero-order chi connectivity index (χ0) is 20.9. The van der Waals surface area contributed by atoms with Crippen LogP contribution in [-0.2, 0) is 5.75 Å². The largest absolute Gasteiger partial charge is 0.459 e. The van der Waals surface area contributed by atoms with E-state index in [1.165, 1.54) is 17.0 Å². The summed E-state index contributed by atoms with van der Waals surface area (Å²) in [5, 5.41) is 0. The topological polar surface area (TPSA) is 36.7 Å². The van der Waals surface area contributed by atoms with Gasteiger partial charge in [0.1, 0.15) is 5.82 Å². The Morgan fingerprint density at radius 2 is 1.80 bits per heavy atom. The zero-order valence-electron chi connectivity index (χ0n) is 17.0. The Morgan fingerprint density at radius 1 is 1.10 bits per heavy atom. The van der Waals surface area contributed by atoms with Gasteiger partial charge in [-0.25, -0.2) is 4.39 Å². The van der Waals surface area contributed by atoms with Crippen LogP contribution in [0, 0.1) is 5.82 Å². The third-order valence-electron chi connectivity index (χ3n) is 5.60. The third kappa shape index (κ3) is 4.70. The van der Waals surface area contributed by atoms with Crippen LogP contribution >= 0.6 is 11.8 Å². The molecule has 0 spiro atoms. The van der Waals surface area contributed by atoms with Gasteiger partial charge in [-0.1, -0.05) is 18.2 Å². The fraction of sp³-hybridized carbons (Fsp3) is 0.292. The van der Waals surface area contributed by atoms with E-state index in [4.69, 9.17) is 4.42 Å². The Labute approximate surface area is 180 Å². The van der Waals surface area contributed by atoms with Crippen molar-refractivity contribution < 1.29 is 13.6 Å². The number of hydrogen-bond acceptors (Lipinski definition) is 4. The summed E-state index contributed by atoms with van der Waals surface area (Å²) < 4.78 is 18.7. The van der Waals surface area contributed by atoms with Crippen LogP contribution in [0.4, 0.5) is 10.1 Å². The van der Waals surface area contributed by atoms with E-state index in [1.807, 2.05) is 48.3 Å². The van der Waals surface area contributed by atoms with E-state index in [0.29, 0.717) is 11.5 Å². The van der Waals surface area contributed by atoms with E-state index >= 15 is 0 Å². The number of anilines is 1. The van der Waals surface area contributed by atoms with Gasteiger partial charge in [0.05, 0.1) is 6.26 Å². The van der Waals surface area contributed by atoms with Crippen LogP contribution in [0.15, 0.2) is 76.2 Å². The molecule has 0 bridgehead atoms. The lowest BCUT2D eigenvalue weighted by molar-refractivity contribution is 0.0676. The number of nitrogens with zero attached hydrogens (tertiary/aromatic N) is 2. The molecule has 0 saturated carbocycles. The first-order chi connectivity index (χ1) is 14.6. The minimum absolute atomic E-state index is 0.0658. The van der Waals surface area contributed by atoms with E-state index in [0.717, 1.165) is 37.2 Å². The second-order valence-electron chi connectivity index (χ2n) is 7.49. The van der Waals surface area contributed by atoms with Crippen molar-refractivity contribution in [2.75, 3.05) is 25.0 Å². The van der Waals surface area contributed by atoms with Crippen molar-refractivity contribution in [3.8, 4) is 0 Å². The first-order valence-electron chi connectivity index (χ1n) is 10.1. The van der Waals surface area contributed by atoms with E-state index in [1.54, 1.807) is 18.0 Å². The first kappa shape index (κ1) is 20.5. The van der Waals surface area contributed by atoms with Gasteiger partial charge in [0.2, 0.25) is 0 Å². The number of furan rings is 1. The highest BCUT2D eigenvalue weighted by atomic mass is 32.2. The molecule has 3 aromatic rings. The quantitative estimate of drug-likeness (QED) is 0.493. The molecule has 156 valence electrons. The van der Waals surface area contributed by atoms with Crippen molar-refractivity contribution in [3.63, 3.8) is 0 Å². The van der Waals surface area contributed by atoms with Crippen LogP contribution in [0.25, 0.3) is 0 Å². The van der Waals surface area contributed by atoms with Gasteiger partial charge in [-0.2, -0.15) is 0 Å². The first-order valence-corrected chi connectivity index (χ1v) is 11.1.